The number of carbonyl (C=O) groups is 1. The van der Waals surface area contributed by atoms with Crippen LogP contribution in [0.25, 0.3) is 33.8 Å². The fraction of sp³-hybridized carbons (Fsp3) is 0.143. The van der Waals surface area contributed by atoms with E-state index >= 15 is 0 Å². The summed E-state index contributed by atoms with van der Waals surface area (Å²) in [7, 11) is 1.51. The fourth-order valence-electron chi connectivity index (χ4n) is 4.13. The first-order valence-corrected chi connectivity index (χ1v) is 12.0. The number of nitrogens with zero attached hydrogens (tertiary/aromatic N) is 4. The predicted molar refractivity (Wildman–Crippen MR) is 142 cm³/mol. The smallest absolute Gasteiger partial charge is 0.272 e. The summed E-state index contributed by atoms with van der Waals surface area (Å²) in [4.78, 5) is 31.9. The van der Waals surface area contributed by atoms with Gasteiger partial charge in [-0.1, -0.05) is 67.9 Å². The number of hydrogen-bond donors (Lipinski definition) is 1. The van der Waals surface area contributed by atoms with E-state index in [1.165, 1.54) is 17.2 Å². The molecule has 5 rings (SSSR count). The maximum atomic E-state index is 14.1. The summed E-state index contributed by atoms with van der Waals surface area (Å²) in [5.41, 5.74) is 3.13. The number of aromatic nitrogens is 4. The molecule has 1 N–H and O–H groups in total. The Labute approximate surface area is 213 Å². The van der Waals surface area contributed by atoms with Crippen LogP contribution in [0.5, 0.6) is 0 Å². The lowest BCUT2D eigenvalue weighted by molar-refractivity contribution is 0.0959. The highest BCUT2D eigenvalue weighted by molar-refractivity contribution is 6.30. The van der Waals surface area contributed by atoms with Crippen molar-refractivity contribution in [1.29, 1.82) is 0 Å². The molecule has 0 aliphatic heterocycles. The molecule has 36 heavy (non-hydrogen) atoms. The minimum atomic E-state index is -0.467. The van der Waals surface area contributed by atoms with Crippen molar-refractivity contribution in [2.45, 2.75) is 19.8 Å². The number of nitrogens with one attached hydrogen (secondary N) is 1. The Morgan fingerprint density at radius 1 is 0.917 bits per heavy atom. The van der Waals surface area contributed by atoms with Gasteiger partial charge in [-0.25, -0.2) is 9.67 Å². The highest BCUT2D eigenvalue weighted by Gasteiger charge is 2.25. The maximum absolute atomic E-state index is 14.1. The number of benzene rings is 3. The van der Waals surface area contributed by atoms with Crippen LogP contribution < -0.4 is 10.9 Å². The lowest BCUT2D eigenvalue weighted by Gasteiger charge is -2.14. The van der Waals surface area contributed by atoms with Crippen molar-refractivity contribution in [3.8, 4) is 22.8 Å². The lowest BCUT2D eigenvalue weighted by atomic mass is 10.0. The summed E-state index contributed by atoms with van der Waals surface area (Å²) >= 11 is 6.13. The first-order chi connectivity index (χ1) is 17.4. The van der Waals surface area contributed by atoms with Crippen molar-refractivity contribution >= 4 is 28.5 Å². The largest absolute Gasteiger partial charge is 0.354 e. The third-order valence-electron chi connectivity index (χ3n) is 6.06. The van der Waals surface area contributed by atoms with Crippen molar-refractivity contribution in [2.75, 3.05) is 7.05 Å². The molecule has 8 heteroatoms. The van der Waals surface area contributed by atoms with Crippen LogP contribution in [0.2, 0.25) is 5.02 Å². The van der Waals surface area contributed by atoms with Crippen LogP contribution in [-0.4, -0.2) is 32.3 Å². The number of hydrogen-bond acceptors (Lipinski definition) is 4. The van der Waals surface area contributed by atoms with Crippen molar-refractivity contribution in [3.05, 3.63) is 105 Å². The van der Waals surface area contributed by atoms with E-state index in [1.807, 2.05) is 54.6 Å². The van der Waals surface area contributed by atoms with Crippen LogP contribution in [0.15, 0.2) is 83.7 Å². The number of carbonyl (C=O) groups excluding carboxylic acids is 1. The van der Waals surface area contributed by atoms with Gasteiger partial charge in [0.05, 0.1) is 11.4 Å². The van der Waals surface area contributed by atoms with Gasteiger partial charge < -0.3 is 5.32 Å². The standard InChI is InChI=1S/C28H24ClN5O2/c1-17(2)18-9-11-19(12-10-18)25-31-26-23(28(36)33(25)21-15-13-20(29)14-16-21)24(27(35)30-3)32-34(26)22-7-5-4-6-8-22/h4-17H,1-3H3,(H,30,35). The number of amides is 1. The molecule has 180 valence electrons. The van der Waals surface area contributed by atoms with Crippen LogP contribution in [0, 0.1) is 0 Å². The molecule has 0 bridgehead atoms. The average molecular weight is 498 g/mol. The van der Waals surface area contributed by atoms with Crippen LogP contribution in [-0.2, 0) is 0 Å². The van der Waals surface area contributed by atoms with Gasteiger partial charge in [0, 0.05) is 17.6 Å². The van der Waals surface area contributed by atoms with E-state index in [4.69, 9.17) is 16.6 Å². The summed E-state index contributed by atoms with van der Waals surface area (Å²) < 4.78 is 3.05. The Morgan fingerprint density at radius 2 is 1.58 bits per heavy atom. The molecule has 0 unspecified atom stereocenters. The molecule has 2 heterocycles. The molecular formula is C28H24ClN5O2. The summed E-state index contributed by atoms with van der Waals surface area (Å²) in [6, 6.07) is 24.2. The van der Waals surface area contributed by atoms with Crippen molar-refractivity contribution in [2.24, 2.45) is 0 Å². The van der Waals surface area contributed by atoms with E-state index in [-0.39, 0.29) is 11.1 Å². The van der Waals surface area contributed by atoms with Gasteiger partial charge in [-0.3, -0.25) is 14.2 Å². The van der Waals surface area contributed by atoms with Crippen LogP contribution >= 0.6 is 11.6 Å². The van der Waals surface area contributed by atoms with Gasteiger partial charge in [-0.15, -0.1) is 0 Å². The first-order valence-electron chi connectivity index (χ1n) is 11.6. The molecular weight excluding hydrogens is 474 g/mol. The van der Waals surface area contributed by atoms with E-state index in [1.54, 1.807) is 28.9 Å². The molecule has 0 aliphatic carbocycles. The van der Waals surface area contributed by atoms with Gasteiger partial charge in [0.25, 0.3) is 11.5 Å². The molecule has 0 aliphatic rings. The summed E-state index contributed by atoms with van der Waals surface area (Å²) in [6.07, 6.45) is 0. The SMILES string of the molecule is CNC(=O)c1nn(-c2ccccc2)c2nc(-c3ccc(C(C)C)cc3)n(-c3ccc(Cl)cc3)c(=O)c12. The van der Waals surface area contributed by atoms with E-state index in [9.17, 15) is 9.59 Å². The van der Waals surface area contributed by atoms with Gasteiger partial charge in [0.2, 0.25) is 0 Å². The Hall–Kier alpha value is -4.23. The topological polar surface area (TPSA) is 81.8 Å². The zero-order valence-electron chi connectivity index (χ0n) is 20.1. The molecule has 0 fully saturated rings. The van der Waals surface area contributed by atoms with E-state index < -0.39 is 11.5 Å². The second kappa shape index (κ2) is 9.43. The van der Waals surface area contributed by atoms with Gasteiger partial charge >= 0.3 is 0 Å². The Kier molecular flexibility index (Phi) is 6.16. The zero-order chi connectivity index (χ0) is 25.4. The molecule has 3 aromatic carbocycles. The van der Waals surface area contributed by atoms with E-state index in [0.29, 0.717) is 33.8 Å². The molecule has 0 atom stereocenters. The quantitative estimate of drug-likeness (QED) is 0.353. The van der Waals surface area contributed by atoms with Crippen LogP contribution in [0.4, 0.5) is 0 Å². The minimum absolute atomic E-state index is 0.0123. The maximum Gasteiger partial charge on any atom is 0.272 e. The van der Waals surface area contributed by atoms with Crippen molar-refractivity contribution in [1.82, 2.24) is 24.6 Å². The first kappa shape index (κ1) is 23.5. The van der Waals surface area contributed by atoms with Crippen LogP contribution in [0.1, 0.15) is 35.8 Å². The van der Waals surface area contributed by atoms with E-state index in [2.05, 4.69) is 24.3 Å². The fourth-order valence-corrected chi connectivity index (χ4v) is 4.26. The molecule has 7 nitrogen and oxygen atoms in total. The number of fused-ring (bicyclic) bond motifs is 1. The normalized spacial score (nSPS) is 11.2. The molecule has 1 amide bonds. The minimum Gasteiger partial charge on any atom is -0.354 e. The van der Waals surface area contributed by atoms with Gasteiger partial charge in [-0.05, 0) is 47.9 Å². The second-order valence-corrected chi connectivity index (χ2v) is 9.14. The predicted octanol–water partition coefficient (Wildman–Crippen LogP) is 5.37. The third kappa shape index (κ3) is 4.07. The highest BCUT2D eigenvalue weighted by atomic mass is 35.5. The van der Waals surface area contributed by atoms with Gasteiger partial charge in [0.1, 0.15) is 11.2 Å². The summed E-state index contributed by atoms with van der Waals surface area (Å²) in [5.74, 6) is 0.332. The summed E-state index contributed by atoms with van der Waals surface area (Å²) in [5, 5.41) is 7.79. The molecule has 0 radical (unpaired) electrons. The lowest BCUT2D eigenvalue weighted by Crippen LogP contribution is -2.25. The number of para-hydroxylation sites is 1. The molecule has 0 spiro atoms. The molecule has 0 saturated heterocycles. The van der Waals surface area contributed by atoms with Gasteiger partial charge in [-0.2, -0.15) is 5.10 Å². The van der Waals surface area contributed by atoms with Crippen molar-refractivity contribution in [3.63, 3.8) is 0 Å². The Bertz CT molecular complexity index is 1620. The van der Waals surface area contributed by atoms with Crippen LogP contribution in [0.3, 0.4) is 0 Å². The van der Waals surface area contributed by atoms with Crippen molar-refractivity contribution < 1.29 is 4.79 Å². The number of rotatable bonds is 5. The zero-order valence-corrected chi connectivity index (χ0v) is 20.8. The molecule has 2 aromatic heterocycles. The average Bonchev–Trinajstić information content (AvgIpc) is 3.29. The second-order valence-electron chi connectivity index (χ2n) is 8.70. The Morgan fingerprint density at radius 3 is 2.19 bits per heavy atom. The van der Waals surface area contributed by atoms with Gasteiger partial charge in [0.15, 0.2) is 11.3 Å². The molecule has 0 saturated carbocycles. The number of halogens is 1. The summed E-state index contributed by atoms with van der Waals surface area (Å²) in [6.45, 7) is 4.25. The highest BCUT2D eigenvalue weighted by Crippen LogP contribution is 2.27. The molecule has 5 aromatic rings. The Balaban J connectivity index is 1.89. The third-order valence-corrected chi connectivity index (χ3v) is 6.32. The monoisotopic (exact) mass is 497 g/mol. The van der Waals surface area contributed by atoms with E-state index in [0.717, 1.165) is 5.56 Å².